The molecule has 1 fully saturated rings. The molecule has 0 spiro atoms. The SMILES string of the molecule is c1ccc([C@H]2CCNC[C@@H]2OCc2ccc3ccccc3c2)cc1. The number of benzene rings is 3. The molecule has 3 aromatic carbocycles. The quantitative estimate of drug-likeness (QED) is 0.765. The highest BCUT2D eigenvalue weighted by Gasteiger charge is 2.26. The average Bonchev–Trinajstić information content (AvgIpc) is 2.67. The van der Waals surface area contributed by atoms with Crippen LogP contribution in [0.5, 0.6) is 0 Å². The molecule has 4 rings (SSSR count). The molecule has 2 atom stereocenters. The lowest BCUT2D eigenvalue weighted by atomic mass is 9.88. The Balaban J connectivity index is 1.48. The molecule has 1 aliphatic rings. The molecule has 24 heavy (non-hydrogen) atoms. The highest BCUT2D eigenvalue weighted by molar-refractivity contribution is 5.82. The number of hydrogen-bond donors (Lipinski definition) is 1. The molecule has 1 N–H and O–H groups in total. The fraction of sp³-hybridized carbons (Fsp3) is 0.273. The Bertz CT molecular complexity index is 799. The smallest absolute Gasteiger partial charge is 0.0772 e. The van der Waals surface area contributed by atoms with Crippen LogP contribution >= 0.6 is 0 Å². The number of ether oxygens (including phenoxy) is 1. The van der Waals surface area contributed by atoms with Crippen molar-refractivity contribution < 1.29 is 4.74 Å². The monoisotopic (exact) mass is 317 g/mol. The van der Waals surface area contributed by atoms with Gasteiger partial charge in [-0.15, -0.1) is 0 Å². The van der Waals surface area contributed by atoms with Gasteiger partial charge in [0, 0.05) is 12.5 Å². The van der Waals surface area contributed by atoms with Crippen LogP contribution in [0.4, 0.5) is 0 Å². The van der Waals surface area contributed by atoms with Gasteiger partial charge in [-0.25, -0.2) is 0 Å². The molecule has 1 aliphatic heterocycles. The number of hydrogen-bond acceptors (Lipinski definition) is 2. The zero-order chi connectivity index (χ0) is 16.2. The highest BCUT2D eigenvalue weighted by Crippen LogP contribution is 2.28. The Kier molecular flexibility index (Phi) is 4.59. The number of rotatable bonds is 4. The van der Waals surface area contributed by atoms with E-state index in [0.29, 0.717) is 12.5 Å². The molecule has 0 saturated carbocycles. The molecule has 122 valence electrons. The van der Waals surface area contributed by atoms with E-state index < -0.39 is 0 Å². The summed E-state index contributed by atoms with van der Waals surface area (Å²) in [7, 11) is 0. The molecule has 2 heteroatoms. The minimum absolute atomic E-state index is 0.229. The van der Waals surface area contributed by atoms with Crippen LogP contribution in [-0.4, -0.2) is 19.2 Å². The van der Waals surface area contributed by atoms with Crippen LogP contribution in [0.25, 0.3) is 10.8 Å². The second kappa shape index (κ2) is 7.16. The Labute approximate surface area is 143 Å². The summed E-state index contributed by atoms with van der Waals surface area (Å²) < 4.78 is 6.32. The maximum absolute atomic E-state index is 6.32. The van der Waals surface area contributed by atoms with Gasteiger partial charge in [-0.3, -0.25) is 0 Å². The standard InChI is InChI=1S/C22H23NO/c1-2-7-19(8-3-1)21-12-13-23-15-22(21)24-16-17-10-11-18-6-4-5-9-20(18)14-17/h1-11,14,21-23H,12-13,15-16H2/t21-,22+/m1/s1. The summed E-state index contributed by atoms with van der Waals surface area (Å²) >= 11 is 0. The van der Waals surface area contributed by atoms with Gasteiger partial charge in [-0.05, 0) is 40.9 Å². The summed E-state index contributed by atoms with van der Waals surface area (Å²) in [4.78, 5) is 0. The normalized spacial score (nSPS) is 21.0. The summed E-state index contributed by atoms with van der Waals surface area (Å²) in [6.07, 6.45) is 1.36. The van der Waals surface area contributed by atoms with Gasteiger partial charge in [0.05, 0.1) is 12.7 Å². The summed E-state index contributed by atoms with van der Waals surface area (Å²) in [5.74, 6) is 0.480. The fourth-order valence-corrected chi connectivity index (χ4v) is 3.62. The Hall–Kier alpha value is -2.16. The van der Waals surface area contributed by atoms with Gasteiger partial charge in [0.15, 0.2) is 0 Å². The fourth-order valence-electron chi connectivity index (χ4n) is 3.62. The van der Waals surface area contributed by atoms with Gasteiger partial charge in [0.1, 0.15) is 0 Å². The maximum atomic E-state index is 6.32. The Morgan fingerprint density at radius 2 is 1.67 bits per heavy atom. The van der Waals surface area contributed by atoms with E-state index in [1.165, 1.54) is 21.9 Å². The van der Waals surface area contributed by atoms with Crippen LogP contribution in [0.1, 0.15) is 23.5 Å². The Morgan fingerprint density at radius 3 is 2.54 bits per heavy atom. The first kappa shape index (κ1) is 15.4. The van der Waals surface area contributed by atoms with Crippen LogP contribution < -0.4 is 5.32 Å². The van der Waals surface area contributed by atoms with E-state index in [0.717, 1.165) is 19.5 Å². The molecule has 0 radical (unpaired) electrons. The lowest BCUT2D eigenvalue weighted by Gasteiger charge is -2.32. The van der Waals surface area contributed by atoms with Crippen LogP contribution in [0.15, 0.2) is 72.8 Å². The van der Waals surface area contributed by atoms with E-state index in [1.807, 2.05) is 0 Å². The summed E-state index contributed by atoms with van der Waals surface area (Å²) in [5.41, 5.74) is 2.63. The van der Waals surface area contributed by atoms with Crippen molar-refractivity contribution in [3.8, 4) is 0 Å². The maximum Gasteiger partial charge on any atom is 0.0772 e. The lowest BCUT2D eigenvalue weighted by molar-refractivity contribution is 0.0106. The van der Waals surface area contributed by atoms with Crippen LogP contribution in [-0.2, 0) is 11.3 Å². The first-order valence-corrected chi connectivity index (χ1v) is 8.75. The van der Waals surface area contributed by atoms with E-state index in [4.69, 9.17) is 4.74 Å². The zero-order valence-electron chi connectivity index (χ0n) is 13.8. The Morgan fingerprint density at radius 1 is 0.875 bits per heavy atom. The second-order valence-electron chi connectivity index (χ2n) is 6.54. The first-order valence-electron chi connectivity index (χ1n) is 8.75. The molecule has 2 nitrogen and oxygen atoms in total. The summed E-state index contributed by atoms with van der Waals surface area (Å²) in [5, 5.41) is 6.03. The third-order valence-electron chi connectivity index (χ3n) is 4.93. The van der Waals surface area contributed by atoms with Crippen molar-refractivity contribution in [2.24, 2.45) is 0 Å². The van der Waals surface area contributed by atoms with Crippen molar-refractivity contribution in [2.75, 3.05) is 13.1 Å². The van der Waals surface area contributed by atoms with Crippen molar-refractivity contribution in [2.45, 2.75) is 25.0 Å². The van der Waals surface area contributed by atoms with Gasteiger partial charge in [-0.1, -0.05) is 66.7 Å². The molecule has 1 saturated heterocycles. The van der Waals surface area contributed by atoms with E-state index in [-0.39, 0.29) is 6.10 Å². The van der Waals surface area contributed by atoms with Gasteiger partial charge < -0.3 is 10.1 Å². The summed E-state index contributed by atoms with van der Waals surface area (Å²) in [6, 6.07) is 25.8. The topological polar surface area (TPSA) is 21.3 Å². The van der Waals surface area contributed by atoms with Crippen molar-refractivity contribution in [1.82, 2.24) is 5.32 Å². The van der Waals surface area contributed by atoms with Crippen LogP contribution in [0, 0.1) is 0 Å². The third-order valence-corrected chi connectivity index (χ3v) is 4.93. The van der Waals surface area contributed by atoms with Gasteiger partial charge in [0.2, 0.25) is 0 Å². The largest absolute Gasteiger partial charge is 0.372 e. The van der Waals surface area contributed by atoms with Crippen molar-refractivity contribution in [1.29, 1.82) is 0 Å². The molecular formula is C22H23NO. The molecule has 1 heterocycles. The van der Waals surface area contributed by atoms with E-state index in [2.05, 4.69) is 78.1 Å². The van der Waals surface area contributed by atoms with E-state index >= 15 is 0 Å². The molecule has 0 bridgehead atoms. The van der Waals surface area contributed by atoms with Crippen LogP contribution in [0.3, 0.4) is 0 Å². The van der Waals surface area contributed by atoms with Crippen molar-refractivity contribution >= 4 is 10.8 Å². The molecular weight excluding hydrogens is 294 g/mol. The predicted molar refractivity (Wildman–Crippen MR) is 99.2 cm³/mol. The number of fused-ring (bicyclic) bond motifs is 1. The van der Waals surface area contributed by atoms with Gasteiger partial charge in [-0.2, -0.15) is 0 Å². The van der Waals surface area contributed by atoms with Gasteiger partial charge in [0.25, 0.3) is 0 Å². The highest BCUT2D eigenvalue weighted by atomic mass is 16.5. The molecule has 3 aromatic rings. The van der Waals surface area contributed by atoms with Crippen LogP contribution in [0.2, 0.25) is 0 Å². The van der Waals surface area contributed by atoms with E-state index in [1.54, 1.807) is 0 Å². The molecule has 0 amide bonds. The zero-order valence-corrected chi connectivity index (χ0v) is 13.8. The number of piperidine rings is 1. The van der Waals surface area contributed by atoms with Gasteiger partial charge >= 0.3 is 0 Å². The first-order chi connectivity index (χ1) is 11.9. The third kappa shape index (κ3) is 3.35. The average molecular weight is 317 g/mol. The summed E-state index contributed by atoms with van der Waals surface area (Å²) in [6.45, 7) is 2.66. The van der Waals surface area contributed by atoms with Crippen molar-refractivity contribution in [3.05, 3.63) is 83.9 Å². The second-order valence-corrected chi connectivity index (χ2v) is 6.54. The predicted octanol–water partition coefficient (Wildman–Crippen LogP) is 4.50. The minimum Gasteiger partial charge on any atom is -0.372 e. The lowest BCUT2D eigenvalue weighted by Crippen LogP contribution is -2.40. The molecule has 0 aliphatic carbocycles. The minimum atomic E-state index is 0.229. The van der Waals surface area contributed by atoms with Crippen molar-refractivity contribution in [3.63, 3.8) is 0 Å². The molecule has 0 unspecified atom stereocenters. The molecule has 0 aromatic heterocycles. The number of nitrogens with one attached hydrogen (secondary N) is 1. The van der Waals surface area contributed by atoms with E-state index in [9.17, 15) is 0 Å².